The van der Waals surface area contributed by atoms with E-state index in [0.29, 0.717) is 5.56 Å². The van der Waals surface area contributed by atoms with E-state index in [9.17, 15) is 9.59 Å². The third-order valence-corrected chi connectivity index (χ3v) is 3.42. The first-order valence-corrected chi connectivity index (χ1v) is 6.23. The molecular formula is C14H18N2O2. The maximum Gasteiger partial charge on any atom is 0.229 e. The summed E-state index contributed by atoms with van der Waals surface area (Å²) < 4.78 is 0. The van der Waals surface area contributed by atoms with Crippen LogP contribution >= 0.6 is 0 Å². The Labute approximate surface area is 107 Å². The quantitative estimate of drug-likeness (QED) is 0.800. The molecule has 2 unspecified atom stereocenters. The van der Waals surface area contributed by atoms with Crippen LogP contribution in [0.2, 0.25) is 0 Å². The minimum absolute atomic E-state index is 0.0254. The van der Waals surface area contributed by atoms with Crippen molar-refractivity contribution in [1.82, 2.24) is 5.32 Å². The zero-order valence-electron chi connectivity index (χ0n) is 10.7. The molecule has 1 aliphatic heterocycles. The van der Waals surface area contributed by atoms with Crippen LogP contribution in [-0.4, -0.2) is 24.3 Å². The maximum atomic E-state index is 12.0. The SMILES string of the molecule is CC(=O)c1ccc(NC(=O)C2CCNC2C)cc1. The van der Waals surface area contributed by atoms with E-state index in [1.165, 1.54) is 6.92 Å². The highest BCUT2D eigenvalue weighted by atomic mass is 16.2. The zero-order valence-corrected chi connectivity index (χ0v) is 10.7. The Bertz CT molecular complexity index is 453. The second kappa shape index (κ2) is 5.31. The monoisotopic (exact) mass is 246 g/mol. The highest BCUT2D eigenvalue weighted by molar-refractivity contribution is 5.96. The summed E-state index contributed by atoms with van der Waals surface area (Å²) in [4.78, 5) is 23.2. The number of carbonyl (C=O) groups excluding carboxylic acids is 2. The van der Waals surface area contributed by atoms with E-state index in [1.807, 2.05) is 6.92 Å². The van der Waals surface area contributed by atoms with Gasteiger partial charge in [0.05, 0.1) is 5.92 Å². The van der Waals surface area contributed by atoms with Crippen LogP contribution in [0.4, 0.5) is 5.69 Å². The molecule has 0 bridgehead atoms. The molecule has 1 heterocycles. The molecule has 0 spiro atoms. The minimum atomic E-state index is 0.0254. The summed E-state index contributed by atoms with van der Waals surface area (Å²) in [7, 11) is 0. The Morgan fingerprint density at radius 2 is 1.94 bits per heavy atom. The van der Waals surface area contributed by atoms with Crippen molar-refractivity contribution >= 4 is 17.4 Å². The van der Waals surface area contributed by atoms with E-state index < -0.39 is 0 Å². The van der Waals surface area contributed by atoms with E-state index in [4.69, 9.17) is 0 Å². The molecule has 1 fully saturated rings. The van der Waals surface area contributed by atoms with Crippen LogP contribution in [-0.2, 0) is 4.79 Å². The number of benzene rings is 1. The second-order valence-electron chi connectivity index (χ2n) is 4.76. The van der Waals surface area contributed by atoms with Crippen LogP contribution in [0, 0.1) is 5.92 Å². The molecule has 1 saturated heterocycles. The van der Waals surface area contributed by atoms with Gasteiger partial charge in [-0.05, 0) is 51.1 Å². The summed E-state index contributed by atoms with van der Waals surface area (Å²) in [5, 5.41) is 6.14. The molecule has 0 radical (unpaired) electrons. The molecule has 4 heteroatoms. The maximum absolute atomic E-state index is 12.0. The molecule has 0 saturated carbocycles. The molecule has 4 nitrogen and oxygen atoms in total. The van der Waals surface area contributed by atoms with Gasteiger partial charge in [-0.2, -0.15) is 0 Å². The van der Waals surface area contributed by atoms with Gasteiger partial charge in [-0.3, -0.25) is 9.59 Å². The van der Waals surface area contributed by atoms with Crippen molar-refractivity contribution in [2.75, 3.05) is 11.9 Å². The first-order chi connectivity index (χ1) is 8.58. The molecule has 0 aromatic heterocycles. The summed E-state index contributed by atoms with van der Waals surface area (Å²) in [5.41, 5.74) is 1.40. The number of Topliss-reactive ketones (excluding diaryl/α,β-unsaturated/α-hetero) is 1. The number of anilines is 1. The summed E-state index contributed by atoms with van der Waals surface area (Å²) in [6, 6.07) is 7.22. The molecule has 1 amide bonds. The van der Waals surface area contributed by atoms with Crippen molar-refractivity contribution in [3.05, 3.63) is 29.8 Å². The van der Waals surface area contributed by atoms with Crippen molar-refractivity contribution in [3.63, 3.8) is 0 Å². The average molecular weight is 246 g/mol. The molecule has 0 aliphatic carbocycles. The molecule has 96 valence electrons. The lowest BCUT2D eigenvalue weighted by molar-refractivity contribution is -0.120. The molecule has 2 rings (SSSR count). The van der Waals surface area contributed by atoms with Crippen LogP contribution in [0.3, 0.4) is 0 Å². The fourth-order valence-corrected chi connectivity index (χ4v) is 2.24. The van der Waals surface area contributed by atoms with Gasteiger partial charge in [-0.15, -0.1) is 0 Å². The Morgan fingerprint density at radius 1 is 1.28 bits per heavy atom. The Morgan fingerprint density at radius 3 is 2.44 bits per heavy atom. The molecule has 1 aromatic carbocycles. The third kappa shape index (κ3) is 2.76. The first kappa shape index (κ1) is 12.8. The smallest absolute Gasteiger partial charge is 0.229 e. The zero-order chi connectivity index (χ0) is 13.1. The first-order valence-electron chi connectivity index (χ1n) is 6.23. The lowest BCUT2D eigenvalue weighted by Crippen LogP contribution is -2.32. The van der Waals surface area contributed by atoms with Gasteiger partial charge in [-0.1, -0.05) is 0 Å². The topological polar surface area (TPSA) is 58.2 Å². The van der Waals surface area contributed by atoms with E-state index in [-0.39, 0.29) is 23.7 Å². The molecular weight excluding hydrogens is 228 g/mol. The largest absolute Gasteiger partial charge is 0.326 e. The van der Waals surface area contributed by atoms with E-state index in [1.54, 1.807) is 24.3 Å². The normalized spacial score (nSPS) is 22.8. The standard InChI is InChI=1S/C14H18N2O2/c1-9-13(7-8-15-9)14(18)16-12-5-3-11(4-6-12)10(2)17/h3-6,9,13,15H,7-8H2,1-2H3,(H,16,18). The van der Waals surface area contributed by atoms with E-state index in [2.05, 4.69) is 10.6 Å². The van der Waals surface area contributed by atoms with E-state index >= 15 is 0 Å². The summed E-state index contributed by atoms with van der Waals surface area (Å²) in [6.07, 6.45) is 0.874. The van der Waals surface area contributed by atoms with Crippen molar-refractivity contribution in [3.8, 4) is 0 Å². The Hall–Kier alpha value is -1.68. The molecule has 18 heavy (non-hydrogen) atoms. The van der Waals surface area contributed by atoms with Crippen molar-refractivity contribution in [1.29, 1.82) is 0 Å². The number of hydrogen-bond acceptors (Lipinski definition) is 3. The van der Waals surface area contributed by atoms with Gasteiger partial charge in [0.1, 0.15) is 0 Å². The number of rotatable bonds is 3. The van der Waals surface area contributed by atoms with Gasteiger partial charge in [0.25, 0.3) is 0 Å². The van der Waals surface area contributed by atoms with Crippen molar-refractivity contribution in [2.45, 2.75) is 26.3 Å². The summed E-state index contributed by atoms with van der Waals surface area (Å²) in [6.45, 7) is 4.44. The fraction of sp³-hybridized carbons (Fsp3) is 0.429. The molecule has 1 aliphatic rings. The van der Waals surface area contributed by atoms with Crippen LogP contribution in [0.15, 0.2) is 24.3 Å². The van der Waals surface area contributed by atoms with E-state index in [0.717, 1.165) is 18.7 Å². The Balaban J connectivity index is 2.00. The second-order valence-corrected chi connectivity index (χ2v) is 4.76. The molecule has 1 aromatic rings. The van der Waals surface area contributed by atoms with Gasteiger partial charge in [0.2, 0.25) is 5.91 Å². The molecule has 2 N–H and O–H groups in total. The highest BCUT2D eigenvalue weighted by Crippen LogP contribution is 2.18. The van der Waals surface area contributed by atoms with Gasteiger partial charge in [0, 0.05) is 17.3 Å². The van der Waals surface area contributed by atoms with Gasteiger partial charge in [-0.25, -0.2) is 0 Å². The predicted molar refractivity (Wildman–Crippen MR) is 70.6 cm³/mol. The molecule has 2 atom stereocenters. The number of carbonyl (C=O) groups is 2. The van der Waals surface area contributed by atoms with Crippen molar-refractivity contribution < 1.29 is 9.59 Å². The van der Waals surface area contributed by atoms with Gasteiger partial charge in [0.15, 0.2) is 5.78 Å². The summed E-state index contributed by atoms with van der Waals surface area (Å²) >= 11 is 0. The Kier molecular flexibility index (Phi) is 3.77. The third-order valence-electron chi connectivity index (χ3n) is 3.42. The predicted octanol–water partition coefficient (Wildman–Crippen LogP) is 1.83. The number of nitrogens with one attached hydrogen (secondary N) is 2. The van der Waals surface area contributed by atoms with Crippen molar-refractivity contribution in [2.24, 2.45) is 5.92 Å². The summed E-state index contributed by atoms with van der Waals surface area (Å²) in [5.74, 6) is 0.0991. The highest BCUT2D eigenvalue weighted by Gasteiger charge is 2.29. The van der Waals surface area contributed by atoms with Crippen LogP contribution in [0.5, 0.6) is 0 Å². The fourth-order valence-electron chi connectivity index (χ4n) is 2.24. The number of ketones is 1. The number of hydrogen-bond donors (Lipinski definition) is 2. The van der Waals surface area contributed by atoms with Gasteiger partial charge < -0.3 is 10.6 Å². The van der Waals surface area contributed by atoms with Crippen LogP contribution in [0.1, 0.15) is 30.6 Å². The van der Waals surface area contributed by atoms with Gasteiger partial charge >= 0.3 is 0 Å². The minimum Gasteiger partial charge on any atom is -0.326 e. The lowest BCUT2D eigenvalue weighted by atomic mass is 10.0. The lowest BCUT2D eigenvalue weighted by Gasteiger charge is -2.15. The number of amides is 1. The van der Waals surface area contributed by atoms with Crippen LogP contribution < -0.4 is 10.6 Å². The van der Waals surface area contributed by atoms with Crippen LogP contribution in [0.25, 0.3) is 0 Å². The average Bonchev–Trinajstić information content (AvgIpc) is 2.76.